The number of hydrogen-bond donors (Lipinski definition) is 1. The minimum Gasteiger partial charge on any atom is -0.463 e. The van der Waals surface area contributed by atoms with Gasteiger partial charge in [0.1, 0.15) is 0 Å². The largest absolute Gasteiger partial charge is 0.463 e. The first-order chi connectivity index (χ1) is 5.70. The lowest BCUT2D eigenvalue weighted by Crippen LogP contribution is -2.18. The Labute approximate surface area is 71.6 Å². The zero-order valence-corrected chi connectivity index (χ0v) is 7.13. The predicted octanol–water partition coefficient (Wildman–Crippen LogP) is 0.242. The van der Waals surface area contributed by atoms with Crippen molar-refractivity contribution in [3.05, 3.63) is 12.7 Å². The summed E-state index contributed by atoms with van der Waals surface area (Å²) in [5.74, 6) is -0.503. The first-order valence-corrected chi connectivity index (χ1v) is 3.70. The average molecular weight is 171 g/mol. The Morgan fingerprint density at radius 3 is 2.75 bits per heavy atom. The summed E-state index contributed by atoms with van der Waals surface area (Å²) in [7, 11) is 1.57. The van der Waals surface area contributed by atoms with Crippen LogP contribution in [0.2, 0.25) is 0 Å². The van der Waals surface area contributed by atoms with E-state index in [1.165, 1.54) is 0 Å². The predicted molar refractivity (Wildman–Crippen MR) is 44.5 cm³/mol. The summed E-state index contributed by atoms with van der Waals surface area (Å²) in [5.41, 5.74) is 0. The molecule has 0 spiro atoms. The first kappa shape index (κ1) is 10.7. The second-order valence-corrected chi connectivity index (χ2v) is 2.15. The highest BCUT2D eigenvalue weighted by Gasteiger charge is 1.98. The molecule has 1 amide bonds. The molecule has 0 saturated carbocycles. The lowest BCUT2D eigenvalue weighted by molar-refractivity contribution is -0.138. The van der Waals surface area contributed by atoms with Crippen molar-refractivity contribution < 1.29 is 14.3 Å². The van der Waals surface area contributed by atoms with E-state index in [1.54, 1.807) is 7.05 Å². The van der Waals surface area contributed by atoms with Crippen LogP contribution in [0.5, 0.6) is 0 Å². The molecule has 4 nitrogen and oxygen atoms in total. The number of nitrogens with one attached hydrogen (secondary N) is 1. The number of esters is 1. The van der Waals surface area contributed by atoms with Crippen LogP contribution in [0.15, 0.2) is 12.7 Å². The summed E-state index contributed by atoms with van der Waals surface area (Å²) in [6, 6.07) is 0. The monoisotopic (exact) mass is 171 g/mol. The van der Waals surface area contributed by atoms with E-state index in [-0.39, 0.29) is 12.5 Å². The normalized spacial score (nSPS) is 8.75. The van der Waals surface area contributed by atoms with Crippen molar-refractivity contribution in [2.45, 2.75) is 12.8 Å². The Bertz CT molecular complexity index is 177. The second-order valence-electron chi connectivity index (χ2n) is 2.15. The van der Waals surface area contributed by atoms with Crippen LogP contribution in [0.1, 0.15) is 12.8 Å². The number of carbonyl (C=O) groups excluding carboxylic acids is 2. The van der Waals surface area contributed by atoms with Gasteiger partial charge >= 0.3 is 5.97 Å². The zero-order valence-electron chi connectivity index (χ0n) is 7.13. The zero-order chi connectivity index (χ0) is 9.40. The highest BCUT2D eigenvalue weighted by molar-refractivity contribution is 5.81. The van der Waals surface area contributed by atoms with Crippen molar-refractivity contribution >= 4 is 11.9 Å². The van der Waals surface area contributed by atoms with E-state index in [0.29, 0.717) is 12.8 Å². The van der Waals surface area contributed by atoms with Gasteiger partial charge in [0.2, 0.25) is 5.91 Å². The summed E-state index contributed by atoms with van der Waals surface area (Å²) in [6.07, 6.45) is 2.01. The minimum atomic E-state index is -0.452. The van der Waals surface area contributed by atoms with E-state index >= 15 is 0 Å². The molecular formula is C8H13NO3. The highest BCUT2D eigenvalue weighted by atomic mass is 16.5. The summed E-state index contributed by atoms with van der Waals surface area (Å²) in [6.45, 7) is 3.50. The first-order valence-electron chi connectivity index (χ1n) is 3.70. The fraction of sp³-hybridized carbons (Fsp3) is 0.500. The Morgan fingerprint density at radius 1 is 1.58 bits per heavy atom. The van der Waals surface area contributed by atoms with Crippen LogP contribution in [-0.2, 0) is 14.3 Å². The molecule has 0 radical (unpaired) electrons. The molecule has 0 aliphatic rings. The molecular weight excluding hydrogens is 158 g/mol. The molecule has 0 aromatic rings. The Kier molecular flexibility index (Phi) is 5.69. The molecule has 0 aromatic heterocycles. The smallest absolute Gasteiger partial charge is 0.330 e. The van der Waals surface area contributed by atoms with E-state index in [2.05, 4.69) is 16.6 Å². The molecule has 0 rings (SSSR count). The van der Waals surface area contributed by atoms with Gasteiger partial charge in [0.05, 0.1) is 6.61 Å². The maximum atomic E-state index is 10.7. The van der Waals surface area contributed by atoms with E-state index in [4.69, 9.17) is 0 Å². The van der Waals surface area contributed by atoms with Gasteiger partial charge in [-0.25, -0.2) is 4.79 Å². The van der Waals surface area contributed by atoms with Gasteiger partial charge in [-0.1, -0.05) is 6.58 Å². The van der Waals surface area contributed by atoms with Crippen LogP contribution >= 0.6 is 0 Å². The van der Waals surface area contributed by atoms with Gasteiger partial charge in [0, 0.05) is 19.5 Å². The fourth-order valence-electron chi connectivity index (χ4n) is 0.589. The molecule has 0 heterocycles. The number of carbonyl (C=O) groups is 2. The quantitative estimate of drug-likeness (QED) is 0.366. The van der Waals surface area contributed by atoms with Crippen LogP contribution in [-0.4, -0.2) is 25.5 Å². The third kappa shape index (κ3) is 5.46. The van der Waals surface area contributed by atoms with Crippen LogP contribution < -0.4 is 5.32 Å². The lowest BCUT2D eigenvalue weighted by Gasteiger charge is -2.00. The standard InChI is InChI=1S/C8H13NO3/c1-3-8(11)12-6-4-5-7(10)9-2/h3H,1,4-6H2,2H3,(H,9,10). The molecule has 0 aliphatic heterocycles. The summed E-state index contributed by atoms with van der Waals surface area (Å²) >= 11 is 0. The van der Waals surface area contributed by atoms with Gasteiger partial charge in [0.15, 0.2) is 0 Å². The van der Waals surface area contributed by atoms with Crippen molar-refractivity contribution in [2.24, 2.45) is 0 Å². The SMILES string of the molecule is C=CC(=O)OCCCC(=O)NC. The Morgan fingerprint density at radius 2 is 2.25 bits per heavy atom. The van der Waals surface area contributed by atoms with Crippen LogP contribution in [0, 0.1) is 0 Å². The third-order valence-corrected chi connectivity index (χ3v) is 1.24. The number of amides is 1. The summed E-state index contributed by atoms with van der Waals surface area (Å²) in [5, 5.41) is 2.47. The Hall–Kier alpha value is -1.32. The number of rotatable bonds is 5. The van der Waals surface area contributed by atoms with Crippen molar-refractivity contribution in [3.8, 4) is 0 Å². The van der Waals surface area contributed by atoms with Crippen molar-refractivity contribution in [2.75, 3.05) is 13.7 Å². The van der Waals surface area contributed by atoms with Crippen LogP contribution in [0.4, 0.5) is 0 Å². The lowest BCUT2D eigenvalue weighted by atomic mass is 10.3. The van der Waals surface area contributed by atoms with E-state index in [1.807, 2.05) is 0 Å². The molecule has 0 atom stereocenters. The molecule has 1 N–H and O–H groups in total. The molecule has 4 heteroatoms. The second kappa shape index (κ2) is 6.39. The maximum absolute atomic E-state index is 10.7. The van der Waals surface area contributed by atoms with Gasteiger partial charge in [-0.05, 0) is 6.42 Å². The highest BCUT2D eigenvalue weighted by Crippen LogP contribution is 1.90. The van der Waals surface area contributed by atoms with Crippen LogP contribution in [0.25, 0.3) is 0 Å². The molecule has 0 fully saturated rings. The van der Waals surface area contributed by atoms with E-state index < -0.39 is 5.97 Å². The summed E-state index contributed by atoms with van der Waals surface area (Å²) < 4.78 is 4.65. The average Bonchev–Trinajstić information content (AvgIpc) is 2.11. The maximum Gasteiger partial charge on any atom is 0.330 e. The van der Waals surface area contributed by atoms with Crippen molar-refractivity contribution in [1.29, 1.82) is 0 Å². The third-order valence-electron chi connectivity index (χ3n) is 1.24. The van der Waals surface area contributed by atoms with Crippen molar-refractivity contribution in [1.82, 2.24) is 5.32 Å². The molecule has 68 valence electrons. The molecule has 0 aromatic carbocycles. The van der Waals surface area contributed by atoms with Gasteiger partial charge in [-0.2, -0.15) is 0 Å². The molecule has 0 saturated heterocycles. The van der Waals surface area contributed by atoms with Gasteiger partial charge in [-0.3, -0.25) is 4.79 Å². The van der Waals surface area contributed by atoms with Gasteiger partial charge < -0.3 is 10.1 Å². The topological polar surface area (TPSA) is 55.4 Å². The minimum absolute atomic E-state index is 0.0512. The molecule has 12 heavy (non-hydrogen) atoms. The van der Waals surface area contributed by atoms with Gasteiger partial charge in [-0.15, -0.1) is 0 Å². The number of hydrogen-bond acceptors (Lipinski definition) is 3. The molecule has 0 unspecified atom stereocenters. The van der Waals surface area contributed by atoms with Crippen molar-refractivity contribution in [3.63, 3.8) is 0 Å². The molecule has 0 bridgehead atoms. The summed E-state index contributed by atoms with van der Waals surface area (Å²) in [4.78, 5) is 21.1. The number of ether oxygens (including phenoxy) is 1. The fourth-order valence-corrected chi connectivity index (χ4v) is 0.589. The molecule has 0 aliphatic carbocycles. The van der Waals surface area contributed by atoms with E-state index in [0.717, 1.165) is 6.08 Å². The van der Waals surface area contributed by atoms with E-state index in [9.17, 15) is 9.59 Å². The van der Waals surface area contributed by atoms with Gasteiger partial charge in [0.25, 0.3) is 0 Å². The van der Waals surface area contributed by atoms with Crippen LogP contribution in [0.3, 0.4) is 0 Å². The Balaban J connectivity index is 3.27.